The van der Waals surface area contributed by atoms with E-state index >= 15 is 0 Å². The van der Waals surface area contributed by atoms with Gasteiger partial charge in [0.25, 0.3) is 0 Å². The number of alkyl halides is 3. The van der Waals surface area contributed by atoms with E-state index in [-0.39, 0.29) is 13.0 Å². The van der Waals surface area contributed by atoms with Crippen LogP contribution in [0.4, 0.5) is 13.2 Å². The van der Waals surface area contributed by atoms with Crippen molar-refractivity contribution in [3.05, 3.63) is 0 Å². The third-order valence-electron chi connectivity index (χ3n) is 2.97. The molecule has 1 aliphatic rings. The fourth-order valence-electron chi connectivity index (χ4n) is 1.99. The topological polar surface area (TPSA) is 74.7 Å². The van der Waals surface area contributed by atoms with Crippen LogP contribution in [0, 0.1) is 5.92 Å². The second kappa shape index (κ2) is 6.47. The number of nitrogens with zero attached hydrogens (tertiary/aromatic N) is 1. The Labute approximate surface area is 117 Å². The fourth-order valence-corrected chi connectivity index (χ4v) is 2.73. The van der Waals surface area contributed by atoms with Crippen LogP contribution in [0.3, 0.4) is 0 Å². The molecule has 1 saturated heterocycles. The van der Waals surface area contributed by atoms with Gasteiger partial charge < -0.3 is 10.0 Å². The Kier molecular flexibility index (Phi) is 5.43. The van der Waals surface area contributed by atoms with E-state index in [0.29, 0.717) is 18.2 Å². The molecule has 0 spiro atoms. The SMILES string of the molecule is CC(=O)SC[C@@H](C(=O)N1CCC[C@H]1C(=O)O)C(F)(F)F. The van der Waals surface area contributed by atoms with E-state index in [0.717, 1.165) is 11.8 Å². The van der Waals surface area contributed by atoms with Gasteiger partial charge in [0.1, 0.15) is 12.0 Å². The number of carbonyl (C=O) groups excluding carboxylic acids is 2. The van der Waals surface area contributed by atoms with Gasteiger partial charge in [-0.15, -0.1) is 0 Å². The van der Waals surface area contributed by atoms with Crippen molar-refractivity contribution < 1.29 is 32.7 Å². The number of amides is 1. The predicted octanol–water partition coefficient (Wildman–Crippen LogP) is 1.52. The van der Waals surface area contributed by atoms with E-state index < -0.39 is 40.9 Å². The summed E-state index contributed by atoms with van der Waals surface area (Å²) < 4.78 is 38.6. The molecule has 1 N–H and O–H groups in total. The molecular formula is C11H14F3NO4S. The molecule has 9 heteroatoms. The van der Waals surface area contributed by atoms with E-state index in [1.165, 1.54) is 0 Å². The lowest BCUT2D eigenvalue weighted by Crippen LogP contribution is -2.48. The number of halogens is 3. The second-order valence-corrected chi connectivity index (χ2v) is 5.62. The quantitative estimate of drug-likeness (QED) is 0.852. The smallest absolute Gasteiger partial charge is 0.401 e. The first-order valence-electron chi connectivity index (χ1n) is 5.88. The minimum absolute atomic E-state index is 0.00683. The summed E-state index contributed by atoms with van der Waals surface area (Å²) in [5.41, 5.74) is 0. The minimum Gasteiger partial charge on any atom is -0.480 e. The lowest BCUT2D eigenvalue weighted by molar-refractivity contribution is -0.186. The summed E-state index contributed by atoms with van der Waals surface area (Å²) in [4.78, 5) is 34.4. The Hall–Kier alpha value is -1.25. The first kappa shape index (κ1) is 16.8. The first-order chi connectivity index (χ1) is 9.14. The number of aliphatic carboxylic acids is 1. The highest BCUT2D eigenvalue weighted by atomic mass is 32.2. The molecule has 0 aromatic carbocycles. The molecule has 0 aromatic rings. The third-order valence-corrected chi connectivity index (χ3v) is 3.87. The van der Waals surface area contributed by atoms with Gasteiger partial charge in [0, 0.05) is 19.2 Å². The van der Waals surface area contributed by atoms with Crippen LogP contribution in [0.1, 0.15) is 19.8 Å². The van der Waals surface area contributed by atoms with Crippen molar-refractivity contribution in [2.45, 2.75) is 32.0 Å². The molecular weight excluding hydrogens is 299 g/mol. The van der Waals surface area contributed by atoms with Gasteiger partial charge in [0.2, 0.25) is 5.91 Å². The molecule has 1 amide bonds. The Morgan fingerprint density at radius 1 is 1.40 bits per heavy atom. The molecule has 1 heterocycles. The van der Waals surface area contributed by atoms with Gasteiger partial charge in [-0.05, 0) is 12.8 Å². The van der Waals surface area contributed by atoms with Crippen LogP contribution in [0.25, 0.3) is 0 Å². The molecule has 1 fully saturated rings. The Morgan fingerprint density at radius 3 is 2.45 bits per heavy atom. The summed E-state index contributed by atoms with van der Waals surface area (Å²) in [7, 11) is 0. The molecule has 0 aliphatic carbocycles. The van der Waals surface area contributed by atoms with Gasteiger partial charge in [0.05, 0.1) is 0 Å². The summed E-state index contributed by atoms with van der Waals surface area (Å²) in [6.45, 7) is 1.10. The Bertz CT molecular complexity index is 413. The maximum absolute atomic E-state index is 12.9. The summed E-state index contributed by atoms with van der Waals surface area (Å²) in [5, 5.41) is 8.38. The third kappa shape index (κ3) is 4.12. The average molecular weight is 313 g/mol. The normalized spacial score (nSPS) is 20.8. The van der Waals surface area contributed by atoms with E-state index in [2.05, 4.69) is 0 Å². The minimum atomic E-state index is -4.80. The zero-order chi connectivity index (χ0) is 15.5. The van der Waals surface area contributed by atoms with Crippen LogP contribution in [-0.4, -0.2) is 51.5 Å². The van der Waals surface area contributed by atoms with E-state index in [1.54, 1.807) is 0 Å². The van der Waals surface area contributed by atoms with Crippen molar-refractivity contribution >= 4 is 28.8 Å². The van der Waals surface area contributed by atoms with Crippen molar-refractivity contribution in [3.63, 3.8) is 0 Å². The van der Waals surface area contributed by atoms with Crippen molar-refractivity contribution in [1.82, 2.24) is 4.90 Å². The van der Waals surface area contributed by atoms with Crippen LogP contribution >= 0.6 is 11.8 Å². The molecule has 0 aromatic heterocycles. The number of hydrogen-bond acceptors (Lipinski definition) is 4. The molecule has 0 bridgehead atoms. The summed E-state index contributed by atoms with van der Waals surface area (Å²) in [6.07, 6.45) is -4.30. The van der Waals surface area contributed by atoms with Crippen LogP contribution in [0.2, 0.25) is 0 Å². The number of carbonyl (C=O) groups is 3. The molecule has 2 atom stereocenters. The van der Waals surface area contributed by atoms with Gasteiger partial charge >= 0.3 is 12.1 Å². The highest BCUT2D eigenvalue weighted by molar-refractivity contribution is 8.13. The molecule has 5 nitrogen and oxygen atoms in total. The molecule has 0 unspecified atom stereocenters. The standard InChI is InChI=1S/C11H14F3NO4S/c1-6(16)20-5-7(11(12,13)14)9(17)15-4-2-3-8(15)10(18)19/h7-8H,2-5H2,1H3,(H,18,19)/t7-,8-/m0/s1. The van der Waals surface area contributed by atoms with Crippen molar-refractivity contribution in [1.29, 1.82) is 0 Å². The fraction of sp³-hybridized carbons (Fsp3) is 0.727. The van der Waals surface area contributed by atoms with Crippen LogP contribution in [0.5, 0.6) is 0 Å². The molecule has 114 valence electrons. The molecule has 1 aliphatic heterocycles. The molecule has 0 saturated carbocycles. The average Bonchev–Trinajstić information content (AvgIpc) is 2.75. The summed E-state index contributed by atoms with van der Waals surface area (Å²) >= 11 is 0.409. The predicted molar refractivity (Wildman–Crippen MR) is 65.1 cm³/mol. The van der Waals surface area contributed by atoms with Crippen LogP contribution in [-0.2, 0) is 14.4 Å². The van der Waals surface area contributed by atoms with E-state index in [9.17, 15) is 27.6 Å². The summed E-state index contributed by atoms with van der Waals surface area (Å²) in [5.74, 6) is -5.65. The van der Waals surface area contributed by atoms with Crippen molar-refractivity contribution in [2.75, 3.05) is 12.3 Å². The zero-order valence-electron chi connectivity index (χ0n) is 10.6. The maximum Gasteiger partial charge on any atom is 0.401 e. The van der Waals surface area contributed by atoms with Gasteiger partial charge in [-0.25, -0.2) is 4.79 Å². The van der Waals surface area contributed by atoms with E-state index in [1.807, 2.05) is 0 Å². The largest absolute Gasteiger partial charge is 0.480 e. The monoisotopic (exact) mass is 313 g/mol. The molecule has 20 heavy (non-hydrogen) atoms. The lowest BCUT2D eigenvalue weighted by Gasteiger charge is -2.27. The van der Waals surface area contributed by atoms with Gasteiger partial charge in [0.15, 0.2) is 5.12 Å². The zero-order valence-corrected chi connectivity index (χ0v) is 11.5. The number of hydrogen-bond donors (Lipinski definition) is 1. The van der Waals surface area contributed by atoms with Crippen LogP contribution < -0.4 is 0 Å². The van der Waals surface area contributed by atoms with Gasteiger partial charge in [-0.1, -0.05) is 11.8 Å². The number of likely N-dealkylation sites (tertiary alicyclic amines) is 1. The Morgan fingerprint density at radius 2 is 2.00 bits per heavy atom. The van der Waals surface area contributed by atoms with E-state index in [4.69, 9.17) is 5.11 Å². The van der Waals surface area contributed by atoms with Crippen LogP contribution in [0.15, 0.2) is 0 Å². The molecule has 1 rings (SSSR count). The first-order valence-corrected chi connectivity index (χ1v) is 6.86. The highest BCUT2D eigenvalue weighted by Crippen LogP contribution is 2.33. The number of carboxylic acid groups (broad SMARTS) is 1. The Balaban J connectivity index is 2.87. The number of carboxylic acids is 1. The van der Waals surface area contributed by atoms with Crippen molar-refractivity contribution in [3.8, 4) is 0 Å². The molecule has 0 radical (unpaired) electrons. The number of rotatable bonds is 4. The maximum atomic E-state index is 12.9. The number of thioether (sulfide) groups is 1. The lowest BCUT2D eigenvalue weighted by atomic mass is 10.1. The highest BCUT2D eigenvalue weighted by Gasteiger charge is 2.49. The van der Waals surface area contributed by atoms with Crippen molar-refractivity contribution in [2.24, 2.45) is 5.92 Å². The summed E-state index contributed by atoms with van der Waals surface area (Å²) in [6, 6.07) is -1.21. The van der Waals surface area contributed by atoms with Gasteiger partial charge in [-0.3, -0.25) is 9.59 Å². The second-order valence-electron chi connectivity index (χ2n) is 4.42. The van der Waals surface area contributed by atoms with Gasteiger partial charge in [-0.2, -0.15) is 13.2 Å².